The van der Waals surface area contributed by atoms with Gasteiger partial charge in [0.1, 0.15) is 5.75 Å². The number of halogens is 1. The van der Waals surface area contributed by atoms with Gasteiger partial charge in [0.25, 0.3) is 0 Å². The molecule has 0 aromatic heterocycles. The standard InChI is InChI=1S/C14H22BrNO/c1-3-16-9-5-4-6-10-17-14-11-13(15)8-7-12(14)2/h7-8,11,16H,3-6,9-10H2,1-2H3. The summed E-state index contributed by atoms with van der Waals surface area (Å²) in [5.74, 6) is 0.992. The van der Waals surface area contributed by atoms with Crippen molar-refractivity contribution in [1.29, 1.82) is 0 Å². The Hall–Kier alpha value is -0.540. The highest BCUT2D eigenvalue weighted by Crippen LogP contribution is 2.23. The Morgan fingerprint density at radius 2 is 2.06 bits per heavy atom. The van der Waals surface area contributed by atoms with Crippen molar-refractivity contribution in [3.05, 3.63) is 28.2 Å². The molecule has 0 amide bonds. The number of rotatable bonds is 8. The Morgan fingerprint density at radius 3 is 2.82 bits per heavy atom. The Morgan fingerprint density at radius 1 is 1.24 bits per heavy atom. The van der Waals surface area contributed by atoms with E-state index in [1.54, 1.807) is 0 Å². The lowest BCUT2D eigenvalue weighted by molar-refractivity contribution is 0.303. The van der Waals surface area contributed by atoms with Gasteiger partial charge in [-0.25, -0.2) is 0 Å². The van der Waals surface area contributed by atoms with E-state index in [0.717, 1.165) is 36.3 Å². The molecule has 0 saturated heterocycles. The molecule has 2 nitrogen and oxygen atoms in total. The Bertz CT molecular complexity index is 328. The zero-order valence-electron chi connectivity index (χ0n) is 10.8. The van der Waals surface area contributed by atoms with Crippen LogP contribution in [-0.4, -0.2) is 19.7 Å². The molecule has 0 atom stereocenters. The zero-order chi connectivity index (χ0) is 12.5. The van der Waals surface area contributed by atoms with Gasteiger partial charge in [-0.1, -0.05) is 28.9 Å². The molecular weight excluding hydrogens is 278 g/mol. The van der Waals surface area contributed by atoms with E-state index in [-0.39, 0.29) is 0 Å². The summed E-state index contributed by atoms with van der Waals surface area (Å²) >= 11 is 3.46. The van der Waals surface area contributed by atoms with E-state index < -0.39 is 0 Å². The van der Waals surface area contributed by atoms with E-state index >= 15 is 0 Å². The zero-order valence-corrected chi connectivity index (χ0v) is 12.3. The van der Waals surface area contributed by atoms with Gasteiger partial charge in [-0.2, -0.15) is 0 Å². The van der Waals surface area contributed by atoms with Crippen LogP contribution in [0, 0.1) is 6.92 Å². The molecule has 1 aromatic carbocycles. The molecule has 3 heteroatoms. The second-order valence-corrected chi connectivity index (χ2v) is 5.09. The van der Waals surface area contributed by atoms with Gasteiger partial charge in [0.2, 0.25) is 0 Å². The van der Waals surface area contributed by atoms with E-state index in [0.29, 0.717) is 0 Å². The third-order valence-electron chi connectivity index (χ3n) is 2.66. The third-order valence-corrected chi connectivity index (χ3v) is 3.15. The normalized spacial score (nSPS) is 10.5. The molecule has 0 bridgehead atoms. The fourth-order valence-corrected chi connectivity index (χ4v) is 1.96. The van der Waals surface area contributed by atoms with Crippen molar-refractivity contribution < 1.29 is 4.74 Å². The first-order valence-electron chi connectivity index (χ1n) is 6.33. The number of aryl methyl sites for hydroxylation is 1. The smallest absolute Gasteiger partial charge is 0.123 e. The molecule has 1 rings (SSSR count). The van der Waals surface area contributed by atoms with Gasteiger partial charge in [0.15, 0.2) is 0 Å². The average Bonchev–Trinajstić information content (AvgIpc) is 2.32. The molecule has 0 heterocycles. The molecule has 0 saturated carbocycles. The number of nitrogens with one attached hydrogen (secondary N) is 1. The summed E-state index contributed by atoms with van der Waals surface area (Å²) in [6.45, 7) is 7.20. The Kier molecular flexibility index (Phi) is 7.29. The maximum absolute atomic E-state index is 5.77. The lowest BCUT2D eigenvalue weighted by Crippen LogP contribution is -2.14. The fraction of sp³-hybridized carbons (Fsp3) is 0.571. The minimum Gasteiger partial charge on any atom is -0.493 e. The first-order chi connectivity index (χ1) is 8.24. The fourth-order valence-electron chi connectivity index (χ4n) is 1.62. The second-order valence-electron chi connectivity index (χ2n) is 4.17. The molecule has 17 heavy (non-hydrogen) atoms. The summed E-state index contributed by atoms with van der Waals surface area (Å²) in [4.78, 5) is 0. The van der Waals surface area contributed by atoms with Gasteiger partial charge in [-0.15, -0.1) is 0 Å². The van der Waals surface area contributed by atoms with E-state index in [4.69, 9.17) is 4.74 Å². The van der Waals surface area contributed by atoms with Gasteiger partial charge >= 0.3 is 0 Å². The molecule has 0 spiro atoms. The Balaban J connectivity index is 2.15. The molecule has 1 aromatic rings. The van der Waals surface area contributed by atoms with Crippen LogP contribution >= 0.6 is 15.9 Å². The molecule has 1 N–H and O–H groups in total. The molecule has 0 aliphatic rings. The largest absolute Gasteiger partial charge is 0.493 e. The summed E-state index contributed by atoms with van der Waals surface area (Å²) in [6, 6.07) is 6.15. The van der Waals surface area contributed by atoms with Gasteiger partial charge < -0.3 is 10.1 Å². The van der Waals surface area contributed by atoms with Crippen molar-refractivity contribution in [2.45, 2.75) is 33.1 Å². The minimum atomic E-state index is 0.809. The third kappa shape index (κ3) is 6.08. The first kappa shape index (κ1) is 14.5. The maximum atomic E-state index is 5.77. The van der Waals surface area contributed by atoms with Gasteiger partial charge in [0, 0.05) is 4.47 Å². The first-order valence-corrected chi connectivity index (χ1v) is 7.13. The Labute approximate surface area is 113 Å². The number of unbranched alkanes of at least 4 members (excludes halogenated alkanes) is 2. The number of hydrogen-bond donors (Lipinski definition) is 1. The van der Waals surface area contributed by atoms with Crippen molar-refractivity contribution in [3.8, 4) is 5.75 Å². The molecule has 0 unspecified atom stereocenters. The van der Waals surface area contributed by atoms with Gasteiger partial charge in [0.05, 0.1) is 6.61 Å². The average molecular weight is 300 g/mol. The summed E-state index contributed by atoms with van der Waals surface area (Å²) < 4.78 is 6.85. The van der Waals surface area contributed by atoms with E-state index in [2.05, 4.69) is 41.2 Å². The van der Waals surface area contributed by atoms with Crippen LogP contribution in [0.5, 0.6) is 5.75 Å². The van der Waals surface area contributed by atoms with E-state index in [9.17, 15) is 0 Å². The monoisotopic (exact) mass is 299 g/mol. The van der Waals surface area contributed by atoms with Crippen molar-refractivity contribution in [3.63, 3.8) is 0 Å². The van der Waals surface area contributed by atoms with Crippen molar-refractivity contribution >= 4 is 15.9 Å². The minimum absolute atomic E-state index is 0.809. The number of benzene rings is 1. The molecular formula is C14H22BrNO. The van der Waals surface area contributed by atoms with Crippen LogP contribution in [0.4, 0.5) is 0 Å². The summed E-state index contributed by atoms with van der Waals surface area (Å²) in [5, 5.41) is 3.33. The second kappa shape index (κ2) is 8.54. The van der Waals surface area contributed by atoms with Gasteiger partial charge in [-0.3, -0.25) is 0 Å². The highest BCUT2D eigenvalue weighted by atomic mass is 79.9. The summed E-state index contributed by atoms with van der Waals surface area (Å²) in [7, 11) is 0. The predicted molar refractivity (Wildman–Crippen MR) is 76.8 cm³/mol. The predicted octanol–water partition coefficient (Wildman–Crippen LogP) is 3.92. The summed E-state index contributed by atoms with van der Waals surface area (Å²) in [5.41, 5.74) is 1.20. The molecule has 0 aliphatic heterocycles. The van der Waals surface area contributed by atoms with Crippen LogP contribution in [-0.2, 0) is 0 Å². The number of hydrogen-bond acceptors (Lipinski definition) is 2. The quantitative estimate of drug-likeness (QED) is 0.735. The molecule has 0 radical (unpaired) electrons. The van der Waals surface area contributed by atoms with Crippen LogP contribution in [0.1, 0.15) is 31.7 Å². The van der Waals surface area contributed by atoms with E-state index in [1.165, 1.54) is 18.4 Å². The van der Waals surface area contributed by atoms with Gasteiger partial charge in [-0.05, 0) is 57.0 Å². The van der Waals surface area contributed by atoms with Crippen molar-refractivity contribution in [2.24, 2.45) is 0 Å². The van der Waals surface area contributed by atoms with E-state index in [1.807, 2.05) is 12.1 Å². The highest BCUT2D eigenvalue weighted by Gasteiger charge is 1.99. The van der Waals surface area contributed by atoms with Crippen LogP contribution < -0.4 is 10.1 Å². The van der Waals surface area contributed by atoms with Crippen molar-refractivity contribution in [1.82, 2.24) is 5.32 Å². The van der Waals surface area contributed by atoms with Crippen LogP contribution in [0.25, 0.3) is 0 Å². The van der Waals surface area contributed by atoms with Crippen LogP contribution in [0.2, 0.25) is 0 Å². The topological polar surface area (TPSA) is 21.3 Å². The maximum Gasteiger partial charge on any atom is 0.123 e. The molecule has 0 fully saturated rings. The highest BCUT2D eigenvalue weighted by molar-refractivity contribution is 9.10. The SMILES string of the molecule is CCNCCCCCOc1cc(Br)ccc1C. The lowest BCUT2D eigenvalue weighted by Gasteiger charge is -2.09. The number of ether oxygens (including phenoxy) is 1. The van der Waals surface area contributed by atoms with Crippen LogP contribution in [0.3, 0.4) is 0 Å². The van der Waals surface area contributed by atoms with Crippen molar-refractivity contribution in [2.75, 3.05) is 19.7 Å². The molecule has 96 valence electrons. The summed E-state index contributed by atoms with van der Waals surface area (Å²) in [6.07, 6.45) is 3.58. The molecule has 0 aliphatic carbocycles. The van der Waals surface area contributed by atoms with Crippen LogP contribution in [0.15, 0.2) is 22.7 Å². The lowest BCUT2D eigenvalue weighted by atomic mass is 10.2.